The summed E-state index contributed by atoms with van der Waals surface area (Å²) in [7, 11) is -3.05. The minimum absolute atomic E-state index is 0.0633. The van der Waals surface area contributed by atoms with Crippen LogP contribution in [-0.2, 0) is 9.84 Å². The molecular weight excluding hydrogens is 376 g/mol. The van der Waals surface area contributed by atoms with Crippen LogP contribution in [-0.4, -0.2) is 43.4 Å². The maximum absolute atomic E-state index is 13.3. The second-order valence-electron chi connectivity index (χ2n) is 6.33. The molecule has 1 aliphatic rings. The molecule has 2 heterocycles. The van der Waals surface area contributed by atoms with Gasteiger partial charge in [0.1, 0.15) is 5.82 Å². The summed E-state index contributed by atoms with van der Waals surface area (Å²) < 4.78 is 49.8. The summed E-state index contributed by atoms with van der Waals surface area (Å²) in [6.07, 6.45) is 1.98. The van der Waals surface area contributed by atoms with Crippen molar-refractivity contribution in [2.45, 2.75) is 19.4 Å². The number of benzene rings is 1. The van der Waals surface area contributed by atoms with Gasteiger partial charge in [-0.3, -0.25) is 4.79 Å². The lowest BCUT2D eigenvalue weighted by atomic mass is 10.2. The Bertz CT molecular complexity index is 966. The molecule has 9 heteroatoms. The van der Waals surface area contributed by atoms with Gasteiger partial charge >= 0.3 is 0 Å². The predicted molar refractivity (Wildman–Crippen MR) is 98.6 cm³/mol. The highest BCUT2D eigenvalue weighted by atomic mass is 32.2. The first-order valence-corrected chi connectivity index (χ1v) is 10.3. The van der Waals surface area contributed by atoms with E-state index in [1.807, 2.05) is 11.8 Å². The molecular formula is C18H19F2N3O3S. The van der Waals surface area contributed by atoms with Crippen LogP contribution in [0.1, 0.15) is 23.7 Å². The predicted octanol–water partition coefficient (Wildman–Crippen LogP) is 2.63. The van der Waals surface area contributed by atoms with E-state index in [2.05, 4.69) is 10.3 Å². The van der Waals surface area contributed by atoms with Crippen LogP contribution in [0.5, 0.6) is 0 Å². The number of anilines is 2. The fraction of sp³-hybridized carbons (Fsp3) is 0.333. The van der Waals surface area contributed by atoms with Crippen molar-refractivity contribution in [1.82, 2.24) is 4.98 Å². The molecule has 2 aromatic rings. The first-order valence-electron chi connectivity index (χ1n) is 8.48. The van der Waals surface area contributed by atoms with Crippen LogP contribution >= 0.6 is 0 Å². The summed E-state index contributed by atoms with van der Waals surface area (Å²) in [5.74, 6) is -1.84. The fourth-order valence-electron chi connectivity index (χ4n) is 3.12. The van der Waals surface area contributed by atoms with E-state index in [-0.39, 0.29) is 28.8 Å². The van der Waals surface area contributed by atoms with Crippen molar-refractivity contribution in [3.63, 3.8) is 0 Å². The molecule has 0 bridgehead atoms. The second-order valence-corrected chi connectivity index (χ2v) is 8.56. The monoisotopic (exact) mass is 395 g/mol. The van der Waals surface area contributed by atoms with Gasteiger partial charge in [0.2, 0.25) is 0 Å². The lowest BCUT2D eigenvalue weighted by Gasteiger charge is -2.28. The third-order valence-electron chi connectivity index (χ3n) is 4.47. The number of hydrogen-bond donors (Lipinski definition) is 1. The molecule has 6 nitrogen and oxygen atoms in total. The highest BCUT2D eigenvalue weighted by Gasteiger charge is 2.32. The van der Waals surface area contributed by atoms with E-state index in [4.69, 9.17) is 0 Å². The Kier molecular flexibility index (Phi) is 5.41. The van der Waals surface area contributed by atoms with Crippen LogP contribution in [0.3, 0.4) is 0 Å². The molecule has 0 saturated carbocycles. The number of nitrogens with zero attached hydrogens (tertiary/aromatic N) is 2. The van der Waals surface area contributed by atoms with Crippen molar-refractivity contribution in [3.05, 3.63) is 53.7 Å². The number of halogens is 2. The number of carbonyl (C=O) groups excluding carboxylic acids is 1. The molecule has 1 aromatic heterocycles. The van der Waals surface area contributed by atoms with Crippen LogP contribution in [0.15, 0.2) is 36.5 Å². The molecule has 1 saturated heterocycles. The highest BCUT2D eigenvalue weighted by molar-refractivity contribution is 7.91. The van der Waals surface area contributed by atoms with E-state index in [9.17, 15) is 22.0 Å². The zero-order valence-corrected chi connectivity index (χ0v) is 15.5. The summed E-state index contributed by atoms with van der Waals surface area (Å²) in [5.41, 5.74) is 0.413. The minimum atomic E-state index is -3.05. The summed E-state index contributed by atoms with van der Waals surface area (Å²) >= 11 is 0. The number of rotatable bonds is 5. The largest absolute Gasteiger partial charge is 0.353 e. The normalized spacial score (nSPS) is 18.3. The van der Waals surface area contributed by atoms with Gasteiger partial charge in [0.05, 0.1) is 11.5 Å². The number of aromatic nitrogens is 1. The SMILES string of the molecule is CCN(c1cc(C(=O)Nc2ccc(F)c(F)c2)ccn1)C1CCS(=O)(=O)C1. The molecule has 3 rings (SSSR count). The second kappa shape index (κ2) is 7.59. The van der Waals surface area contributed by atoms with Crippen molar-refractivity contribution >= 4 is 27.2 Å². The summed E-state index contributed by atoms with van der Waals surface area (Å²) in [6, 6.07) is 5.97. The summed E-state index contributed by atoms with van der Waals surface area (Å²) in [5, 5.41) is 2.51. The molecule has 1 fully saturated rings. The molecule has 0 aliphatic carbocycles. The lowest BCUT2D eigenvalue weighted by Crippen LogP contribution is -2.36. The molecule has 0 spiro atoms. The van der Waals surface area contributed by atoms with Crippen molar-refractivity contribution in [2.75, 3.05) is 28.3 Å². The van der Waals surface area contributed by atoms with E-state index < -0.39 is 27.4 Å². The Morgan fingerprint density at radius 3 is 2.67 bits per heavy atom. The van der Waals surface area contributed by atoms with E-state index in [1.54, 1.807) is 6.07 Å². The number of hydrogen-bond acceptors (Lipinski definition) is 5. The van der Waals surface area contributed by atoms with Gasteiger partial charge in [0, 0.05) is 36.1 Å². The molecule has 1 aliphatic heterocycles. The fourth-order valence-corrected chi connectivity index (χ4v) is 4.85. The zero-order chi connectivity index (χ0) is 19.6. The third kappa shape index (κ3) is 4.41. The first-order chi connectivity index (χ1) is 12.8. The minimum Gasteiger partial charge on any atom is -0.353 e. The Morgan fingerprint density at radius 1 is 1.26 bits per heavy atom. The number of carbonyl (C=O) groups is 1. The van der Waals surface area contributed by atoms with Gasteiger partial charge < -0.3 is 10.2 Å². The van der Waals surface area contributed by atoms with E-state index in [1.165, 1.54) is 18.3 Å². The topological polar surface area (TPSA) is 79.4 Å². The van der Waals surface area contributed by atoms with Crippen LogP contribution in [0.4, 0.5) is 20.3 Å². The van der Waals surface area contributed by atoms with Crippen LogP contribution < -0.4 is 10.2 Å². The van der Waals surface area contributed by atoms with Crippen molar-refractivity contribution in [1.29, 1.82) is 0 Å². The van der Waals surface area contributed by atoms with E-state index in [0.717, 1.165) is 12.1 Å². The molecule has 144 valence electrons. The van der Waals surface area contributed by atoms with E-state index >= 15 is 0 Å². The Labute approximate surface area is 156 Å². The Balaban J connectivity index is 1.79. The van der Waals surface area contributed by atoms with Gasteiger partial charge in [0.25, 0.3) is 5.91 Å². The zero-order valence-electron chi connectivity index (χ0n) is 14.7. The van der Waals surface area contributed by atoms with Crippen molar-refractivity contribution in [3.8, 4) is 0 Å². The van der Waals surface area contributed by atoms with Crippen LogP contribution in [0, 0.1) is 11.6 Å². The number of amides is 1. The number of pyridine rings is 1. The molecule has 1 aromatic carbocycles. The van der Waals surface area contributed by atoms with Crippen LogP contribution in [0.2, 0.25) is 0 Å². The van der Waals surface area contributed by atoms with Gasteiger partial charge in [-0.25, -0.2) is 22.2 Å². The van der Waals surface area contributed by atoms with Crippen molar-refractivity contribution in [2.24, 2.45) is 0 Å². The summed E-state index contributed by atoms with van der Waals surface area (Å²) in [6.45, 7) is 2.43. The molecule has 0 radical (unpaired) electrons. The number of sulfone groups is 1. The maximum atomic E-state index is 13.3. The summed E-state index contributed by atoms with van der Waals surface area (Å²) in [4.78, 5) is 18.5. The quantitative estimate of drug-likeness (QED) is 0.842. The lowest BCUT2D eigenvalue weighted by molar-refractivity contribution is 0.102. The van der Waals surface area contributed by atoms with E-state index in [0.29, 0.717) is 18.8 Å². The Morgan fingerprint density at radius 2 is 2.04 bits per heavy atom. The average Bonchev–Trinajstić information content (AvgIpc) is 2.98. The number of nitrogens with one attached hydrogen (secondary N) is 1. The van der Waals surface area contributed by atoms with Gasteiger partial charge in [-0.05, 0) is 37.6 Å². The molecule has 1 unspecified atom stereocenters. The molecule has 1 amide bonds. The highest BCUT2D eigenvalue weighted by Crippen LogP contribution is 2.24. The first kappa shape index (κ1) is 19.2. The smallest absolute Gasteiger partial charge is 0.255 e. The van der Waals surface area contributed by atoms with Crippen LogP contribution in [0.25, 0.3) is 0 Å². The molecule has 27 heavy (non-hydrogen) atoms. The van der Waals surface area contributed by atoms with Crippen molar-refractivity contribution < 1.29 is 22.0 Å². The molecule has 1 atom stereocenters. The third-order valence-corrected chi connectivity index (χ3v) is 6.22. The maximum Gasteiger partial charge on any atom is 0.255 e. The Hall–Kier alpha value is -2.55. The van der Waals surface area contributed by atoms with Gasteiger partial charge in [-0.15, -0.1) is 0 Å². The van der Waals surface area contributed by atoms with Gasteiger partial charge in [-0.2, -0.15) is 0 Å². The van der Waals surface area contributed by atoms with Gasteiger partial charge in [-0.1, -0.05) is 0 Å². The average molecular weight is 395 g/mol. The molecule has 1 N–H and O–H groups in total. The van der Waals surface area contributed by atoms with Gasteiger partial charge in [0.15, 0.2) is 21.5 Å². The standard InChI is InChI=1S/C18H19F2N3O3S/c1-2-23(14-6-8-27(25,26)11-14)17-9-12(5-7-21-17)18(24)22-13-3-4-15(19)16(20)10-13/h3-5,7,9-10,14H,2,6,8,11H2,1H3,(H,22,24).